The standard InChI is InChI=1S/C12H12N2.C11H12N2O2.C2H6/c1-8-4-5-11-12(9(8)2)10(6-13)7-14(11)3;1-7-4-5-9-11(8(7)2)10(13(14)15)6-12(9)3;1-2/h4-5,7H,1-3H3;4-6H,1-3H3;1-2H3. The zero-order valence-corrected chi connectivity index (χ0v) is 19.6. The molecule has 2 heterocycles. The maximum Gasteiger partial charge on any atom is 0.294 e. The van der Waals surface area contributed by atoms with Crippen LogP contribution in [0.3, 0.4) is 0 Å². The van der Waals surface area contributed by atoms with E-state index in [2.05, 4.69) is 32.0 Å². The van der Waals surface area contributed by atoms with E-state index < -0.39 is 0 Å². The molecule has 0 spiro atoms. The van der Waals surface area contributed by atoms with Crippen molar-refractivity contribution in [1.29, 1.82) is 5.26 Å². The summed E-state index contributed by atoms with van der Waals surface area (Å²) in [4.78, 5) is 10.6. The number of benzene rings is 2. The highest BCUT2D eigenvalue weighted by molar-refractivity contribution is 5.93. The third-order valence-electron chi connectivity index (χ3n) is 5.67. The Morgan fingerprint density at radius 2 is 1.29 bits per heavy atom. The van der Waals surface area contributed by atoms with Crippen LogP contribution in [0, 0.1) is 49.1 Å². The van der Waals surface area contributed by atoms with Crippen LogP contribution in [0.4, 0.5) is 5.69 Å². The number of nitro groups is 1. The Hall–Kier alpha value is -3.59. The van der Waals surface area contributed by atoms with Gasteiger partial charge in [0.25, 0.3) is 5.69 Å². The van der Waals surface area contributed by atoms with Crippen LogP contribution in [0.25, 0.3) is 21.8 Å². The third-order valence-corrected chi connectivity index (χ3v) is 5.67. The average Bonchev–Trinajstić information content (AvgIpc) is 3.27. The molecule has 0 bridgehead atoms. The Bertz CT molecular complexity index is 1300. The van der Waals surface area contributed by atoms with E-state index >= 15 is 0 Å². The molecule has 0 unspecified atom stereocenters. The first kappa shape index (κ1) is 23.7. The summed E-state index contributed by atoms with van der Waals surface area (Å²) in [7, 11) is 3.79. The fraction of sp³-hybridized carbons (Fsp3) is 0.320. The van der Waals surface area contributed by atoms with Crippen molar-refractivity contribution in [3.8, 4) is 6.07 Å². The molecule has 0 amide bonds. The van der Waals surface area contributed by atoms with Crippen molar-refractivity contribution in [2.45, 2.75) is 41.5 Å². The minimum Gasteiger partial charge on any atom is -0.349 e. The van der Waals surface area contributed by atoms with E-state index in [1.807, 2.05) is 64.7 Å². The van der Waals surface area contributed by atoms with Crippen LogP contribution in [-0.2, 0) is 14.1 Å². The molecule has 31 heavy (non-hydrogen) atoms. The zero-order chi connectivity index (χ0) is 23.5. The van der Waals surface area contributed by atoms with Crippen LogP contribution < -0.4 is 0 Å². The fourth-order valence-electron chi connectivity index (χ4n) is 3.72. The van der Waals surface area contributed by atoms with Crippen molar-refractivity contribution >= 4 is 27.5 Å². The van der Waals surface area contributed by atoms with Crippen molar-refractivity contribution in [3.05, 3.63) is 74.6 Å². The minimum absolute atomic E-state index is 0.189. The van der Waals surface area contributed by atoms with Crippen molar-refractivity contribution in [2.75, 3.05) is 0 Å². The maximum atomic E-state index is 10.9. The Morgan fingerprint density at radius 1 is 0.839 bits per heavy atom. The highest BCUT2D eigenvalue weighted by atomic mass is 16.6. The van der Waals surface area contributed by atoms with Gasteiger partial charge in [0.2, 0.25) is 0 Å². The zero-order valence-electron chi connectivity index (χ0n) is 19.6. The van der Waals surface area contributed by atoms with E-state index in [0.29, 0.717) is 0 Å². The third kappa shape index (κ3) is 4.31. The normalized spacial score (nSPS) is 10.2. The van der Waals surface area contributed by atoms with Gasteiger partial charge in [-0.1, -0.05) is 26.0 Å². The average molecular weight is 419 g/mol. The lowest BCUT2D eigenvalue weighted by molar-refractivity contribution is -0.383. The summed E-state index contributed by atoms with van der Waals surface area (Å²) in [5.74, 6) is 0. The largest absolute Gasteiger partial charge is 0.349 e. The molecule has 0 aliphatic heterocycles. The second-order valence-electron chi connectivity index (χ2n) is 7.45. The summed E-state index contributed by atoms with van der Waals surface area (Å²) in [6.07, 6.45) is 3.45. The summed E-state index contributed by atoms with van der Waals surface area (Å²) in [6, 6.07) is 10.3. The molecule has 0 aliphatic rings. The number of nitriles is 1. The number of rotatable bonds is 1. The molecular weight excluding hydrogens is 388 g/mol. The van der Waals surface area contributed by atoms with E-state index in [4.69, 9.17) is 5.26 Å². The van der Waals surface area contributed by atoms with E-state index in [1.54, 1.807) is 10.8 Å². The van der Waals surface area contributed by atoms with E-state index in [0.717, 1.165) is 38.5 Å². The number of nitrogens with zero attached hydrogens (tertiary/aromatic N) is 4. The van der Waals surface area contributed by atoms with E-state index in [-0.39, 0.29) is 10.6 Å². The molecule has 0 aliphatic carbocycles. The SMILES string of the molecule is CC.Cc1ccc2c(c(C#N)cn2C)c1C.Cc1ccc2c(c([N+](=O)[O-])cn2C)c1C. The Balaban J connectivity index is 0.000000204. The molecule has 6 heteroatoms. The topological polar surface area (TPSA) is 76.8 Å². The first-order valence-corrected chi connectivity index (χ1v) is 10.3. The summed E-state index contributed by atoms with van der Waals surface area (Å²) in [6.45, 7) is 12.0. The van der Waals surface area contributed by atoms with Gasteiger partial charge in [-0.15, -0.1) is 0 Å². The van der Waals surface area contributed by atoms with E-state index in [1.165, 1.54) is 11.1 Å². The summed E-state index contributed by atoms with van der Waals surface area (Å²) >= 11 is 0. The molecule has 0 fully saturated rings. The lowest BCUT2D eigenvalue weighted by Crippen LogP contribution is -1.88. The van der Waals surface area contributed by atoms with Crippen LogP contribution in [-0.4, -0.2) is 14.1 Å². The molecule has 4 rings (SSSR count). The predicted octanol–water partition coefficient (Wildman–Crippen LogP) is 6.40. The fourth-order valence-corrected chi connectivity index (χ4v) is 3.72. The lowest BCUT2D eigenvalue weighted by Gasteiger charge is -2.02. The molecular formula is C25H30N4O2. The van der Waals surface area contributed by atoms with Crippen LogP contribution >= 0.6 is 0 Å². The van der Waals surface area contributed by atoms with E-state index in [9.17, 15) is 10.1 Å². The molecule has 0 atom stereocenters. The first-order chi connectivity index (χ1) is 14.7. The molecule has 0 radical (unpaired) electrons. The Kier molecular flexibility index (Phi) is 7.24. The smallest absolute Gasteiger partial charge is 0.294 e. The Labute approximate surface area is 183 Å². The molecule has 0 N–H and O–H groups in total. The van der Waals surface area contributed by atoms with Crippen molar-refractivity contribution in [1.82, 2.24) is 9.13 Å². The van der Waals surface area contributed by atoms with Gasteiger partial charge < -0.3 is 9.13 Å². The van der Waals surface area contributed by atoms with Gasteiger partial charge in [-0.3, -0.25) is 10.1 Å². The number of fused-ring (bicyclic) bond motifs is 2. The number of hydrogen-bond acceptors (Lipinski definition) is 3. The van der Waals surface area contributed by atoms with Gasteiger partial charge in [-0.2, -0.15) is 5.26 Å². The Morgan fingerprint density at radius 3 is 1.77 bits per heavy atom. The van der Waals surface area contributed by atoms with Crippen molar-refractivity contribution in [3.63, 3.8) is 0 Å². The van der Waals surface area contributed by atoms with Gasteiger partial charge in [0, 0.05) is 31.2 Å². The molecule has 4 aromatic rings. The van der Waals surface area contributed by atoms with Gasteiger partial charge in [0.15, 0.2) is 0 Å². The summed E-state index contributed by atoms with van der Waals surface area (Å²) < 4.78 is 3.79. The summed E-state index contributed by atoms with van der Waals surface area (Å²) in [5, 5.41) is 21.7. The highest BCUT2D eigenvalue weighted by Crippen LogP contribution is 2.31. The number of hydrogen-bond donors (Lipinski definition) is 0. The maximum absolute atomic E-state index is 10.9. The van der Waals surface area contributed by atoms with Crippen LogP contribution in [0.1, 0.15) is 41.7 Å². The van der Waals surface area contributed by atoms with Crippen LogP contribution in [0.2, 0.25) is 0 Å². The predicted molar refractivity (Wildman–Crippen MR) is 128 cm³/mol. The van der Waals surface area contributed by atoms with Crippen LogP contribution in [0.15, 0.2) is 36.7 Å². The molecule has 0 saturated heterocycles. The van der Waals surface area contributed by atoms with Crippen molar-refractivity contribution in [2.24, 2.45) is 14.1 Å². The van der Waals surface area contributed by atoms with Gasteiger partial charge >= 0.3 is 0 Å². The molecule has 162 valence electrons. The van der Waals surface area contributed by atoms with Gasteiger partial charge in [0.05, 0.1) is 27.6 Å². The van der Waals surface area contributed by atoms with Crippen molar-refractivity contribution < 1.29 is 4.92 Å². The van der Waals surface area contributed by atoms with Gasteiger partial charge in [0.1, 0.15) is 6.07 Å². The lowest BCUT2D eigenvalue weighted by atomic mass is 10.0. The molecule has 6 nitrogen and oxygen atoms in total. The monoisotopic (exact) mass is 418 g/mol. The highest BCUT2D eigenvalue weighted by Gasteiger charge is 2.18. The van der Waals surface area contributed by atoms with Crippen LogP contribution in [0.5, 0.6) is 0 Å². The van der Waals surface area contributed by atoms with Gasteiger partial charge in [-0.25, -0.2) is 0 Å². The molecule has 2 aromatic carbocycles. The first-order valence-electron chi connectivity index (χ1n) is 10.3. The second kappa shape index (κ2) is 9.48. The second-order valence-corrected chi connectivity index (χ2v) is 7.45. The quantitative estimate of drug-likeness (QED) is 0.265. The van der Waals surface area contributed by atoms with Gasteiger partial charge in [-0.05, 0) is 62.1 Å². The molecule has 0 saturated carbocycles. The number of aryl methyl sites for hydroxylation is 6. The molecule has 2 aromatic heterocycles. The minimum atomic E-state index is -0.325. The number of aromatic nitrogens is 2. The summed E-state index contributed by atoms with van der Waals surface area (Å²) in [5.41, 5.74) is 7.50.